The van der Waals surface area contributed by atoms with Crippen molar-refractivity contribution in [3.8, 4) is 0 Å². The first-order valence-electron chi connectivity index (χ1n) is 5.39. The second-order valence-electron chi connectivity index (χ2n) is 3.91. The number of halogens is 1. The predicted octanol–water partition coefficient (Wildman–Crippen LogP) is 3.61. The minimum absolute atomic E-state index is 0.529. The number of thioether (sulfide) groups is 1. The Bertz CT molecular complexity index is 312. The van der Waals surface area contributed by atoms with Crippen LogP contribution in [0.3, 0.4) is 0 Å². The van der Waals surface area contributed by atoms with Crippen LogP contribution in [0.15, 0.2) is 28.7 Å². The summed E-state index contributed by atoms with van der Waals surface area (Å²) in [5.74, 6) is 2.45. The van der Waals surface area contributed by atoms with E-state index in [-0.39, 0.29) is 0 Å². The predicted molar refractivity (Wildman–Crippen MR) is 71.4 cm³/mol. The van der Waals surface area contributed by atoms with Crippen molar-refractivity contribution in [2.75, 3.05) is 11.5 Å². The van der Waals surface area contributed by atoms with E-state index in [9.17, 15) is 0 Å². The van der Waals surface area contributed by atoms with Gasteiger partial charge in [0.15, 0.2) is 0 Å². The summed E-state index contributed by atoms with van der Waals surface area (Å²) in [4.78, 5) is 0. The third kappa shape index (κ3) is 2.99. The van der Waals surface area contributed by atoms with Crippen molar-refractivity contribution in [3.05, 3.63) is 34.3 Å². The smallest absolute Gasteiger partial charge is 0.0414 e. The van der Waals surface area contributed by atoms with Crippen LogP contribution in [0.2, 0.25) is 0 Å². The lowest BCUT2D eigenvalue weighted by atomic mass is 10.1. The Labute approximate surface area is 104 Å². The van der Waals surface area contributed by atoms with Gasteiger partial charge in [-0.2, -0.15) is 11.8 Å². The van der Waals surface area contributed by atoms with Crippen LogP contribution in [0.25, 0.3) is 0 Å². The molecule has 82 valence electrons. The maximum atomic E-state index is 3.70. The summed E-state index contributed by atoms with van der Waals surface area (Å²) in [6.07, 6.45) is 1.22. The molecule has 1 N–H and O–H groups in total. The Morgan fingerprint density at radius 3 is 2.73 bits per heavy atom. The summed E-state index contributed by atoms with van der Waals surface area (Å²) in [6, 6.07) is 9.87. The summed E-state index contributed by atoms with van der Waals surface area (Å²) >= 11 is 5.53. The van der Waals surface area contributed by atoms with Crippen molar-refractivity contribution >= 4 is 27.7 Å². The van der Waals surface area contributed by atoms with E-state index in [0.717, 1.165) is 4.47 Å². The molecule has 1 heterocycles. The molecule has 0 aliphatic carbocycles. The van der Waals surface area contributed by atoms with E-state index in [1.54, 1.807) is 0 Å². The second-order valence-corrected chi connectivity index (χ2v) is 5.90. The molecule has 0 saturated carbocycles. The number of hydrogen-bond donors (Lipinski definition) is 1. The van der Waals surface area contributed by atoms with Crippen molar-refractivity contribution in [2.24, 2.45) is 0 Å². The molecule has 1 aromatic rings. The lowest BCUT2D eigenvalue weighted by Gasteiger charge is -2.30. The fourth-order valence-corrected chi connectivity index (χ4v) is 3.37. The zero-order valence-corrected chi connectivity index (χ0v) is 11.3. The summed E-state index contributed by atoms with van der Waals surface area (Å²) in [5.41, 5.74) is 1.41. The molecule has 1 saturated heterocycles. The Morgan fingerprint density at radius 2 is 2.07 bits per heavy atom. The molecular formula is C12H16BrNS. The van der Waals surface area contributed by atoms with E-state index in [1.807, 2.05) is 0 Å². The van der Waals surface area contributed by atoms with Gasteiger partial charge in [0.2, 0.25) is 0 Å². The molecule has 1 fully saturated rings. The van der Waals surface area contributed by atoms with Crippen LogP contribution in [0.5, 0.6) is 0 Å². The molecular weight excluding hydrogens is 270 g/mol. The normalized spacial score (nSPS) is 26.5. The molecule has 1 aromatic carbocycles. The highest BCUT2D eigenvalue weighted by Gasteiger charge is 2.20. The Morgan fingerprint density at radius 1 is 1.33 bits per heavy atom. The quantitative estimate of drug-likeness (QED) is 0.891. The molecule has 0 aromatic heterocycles. The van der Waals surface area contributed by atoms with Gasteiger partial charge in [0.25, 0.3) is 0 Å². The van der Waals surface area contributed by atoms with Crippen molar-refractivity contribution in [1.82, 2.24) is 5.32 Å². The molecule has 0 bridgehead atoms. The molecule has 1 aliphatic heterocycles. The Balaban J connectivity index is 2.06. The molecule has 2 atom stereocenters. The number of hydrogen-bond acceptors (Lipinski definition) is 2. The number of nitrogens with one attached hydrogen (secondary N) is 1. The van der Waals surface area contributed by atoms with Gasteiger partial charge >= 0.3 is 0 Å². The Hall–Kier alpha value is 0.01000. The van der Waals surface area contributed by atoms with Gasteiger partial charge in [-0.15, -0.1) is 0 Å². The van der Waals surface area contributed by atoms with Crippen LogP contribution in [-0.2, 0) is 0 Å². The molecule has 3 heteroatoms. The van der Waals surface area contributed by atoms with Crippen LogP contribution < -0.4 is 5.32 Å². The van der Waals surface area contributed by atoms with Gasteiger partial charge in [0, 0.05) is 28.1 Å². The van der Waals surface area contributed by atoms with Gasteiger partial charge in [-0.25, -0.2) is 0 Å². The third-order valence-corrected chi connectivity index (χ3v) is 4.54. The minimum Gasteiger partial charge on any atom is -0.306 e. The lowest BCUT2D eigenvalue weighted by molar-refractivity contribution is 0.466. The fourth-order valence-electron chi connectivity index (χ4n) is 1.83. The van der Waals surface area contributed by atoms with Crippen molar-refractivity contribution in [3.63, 3.8) is 0 Å². The van der Waals surface area contributed by atoms with E-state index < -0.39 is 0 Å². The Kier molecular flexibility index (Phi) is 4.12. The van der Waals surface area contributed by atoms with E-state index in [0.29, 0.717) is 12.1 Å². The molecule has 1 aliphatic rings. The van der Waals surface area contributed by atoms with Crippen molar-refractivity contribution in [2.45, 2.75) is 25.4 Å². The molecule has 0 spiro atoms. The average molecular weight is 286 g/mol. The van der Waals surface area contributed by atoms with Crippen LogP contribution in [0.1, 0.15) is 24.9 Å². The van der Waals surface area contributed by atoms with E-state index in [2.05, 4.69) is 64.2 Å². The first-order valence-corrected chi connectivity index (χ1v) is 7.33. The summed E-state index contributed by atoms with van der Waals surface area (Å²) < 4.78 is 1.15. The van der Waals surface area contributed by atoms with E-state index in [1.165, 1.54) is 23.5 Å². The SMILES string of the molecule is CCC1CSCC(c2ccc(Br)cc2)N1. The molecule has 15 heavy (non-hydrogen) atoms. The maximum absolute atomic E-state index is 3.70. The number of benzene rings is 1. The average Bonchev–Trinajstić information content (AvgIpc) is 2.30. The lowest BCUT2D eigenvalue weighted by Crippen LogP contribution is -2.39. The second kappa shape index (κ2) is 5.37. The fraction of sp³-hybridized carbons (Fsp3) is 0.500. The zero-order valence-electron chi connectivity index (χ0n) is 8.87. The van der Waals surface area contributed by atoms with Crippen LogP contribution in [0.4, 0.5) is 0 Å². The zero-order chi connectivity index (χ0) is 10.7. The third-order valence-electron chi connectivity index (χ3n) is 2.81. The molecule has 2 unspecified atom stereocenters. The van der Waals surface area contributed by atoms with E-state index in [4.69, 9.17) is 0 Å². The number of rotatable bonds is 2. The van der Waals surface area contributed by atoms with Crippen molar-refractivity contribution < 1.29 is 0 Å². The summed E-state index contributed by atoms with van der Waals surface area (Å²) in [5, 5.41) is 3.70. The van der Waals surface area contributed by atoms with Gasteiger partial charge in [0.1, 0.15) is 0 Å². The highest BCUT2D eigenvalue weighted by atomic mass is 79.9. The molecule has 1 nitrogen and oxygen atoms in total. The standard InChI is InChI=1S/C12H16BrNS/c1-2-11-7-15-8-12(14-11)9-3-5-10(13)6-4-9/h3-6,11-12,14H,2,7-8H2,1H3. The van der Waals surface area contributed by atoms with Crippen LogP contribution >= 0.6 is 27.7 Å². The largest absolute Gasteiger partial charge is 0.306 e. The molecule has 2 rings (SSSR count). The van der Waals surface area contributed by atoms with Gasteiger partial charge in [-0.3, -0.25) is 0 Å². The van der Waals surface area contributed by atoms with E-state index >= 15 is 0 Å². The summed E-state index contributed by atoms with van der Waals surface area (Å²) in [7, 11) is 0. The molecule has 0 radical (unpaired) electrons. The topological polar surface area (TPSA) is 12.0 Å². The van der Waals surface area contributed by atoms with Gasteiger partial charge in [-0.1, -0.05) is 35.0 Å². The minimum atomic E-state index is 0.529. The molecule has 0 amide bonds. The highest BCUT2D eigenvalue weighted by Crippen LogP contribution is 2.26. The van der Waals surface area contributed by atoms with Gasteiger partial charge in [-0.05, 0) is 24.1 Å². The van der Waals surface area contributed by atoms with Crippen LogP contribution in [0, 0.1) is 0 Å². The first-order chi connectivity index (χ1) is 7.29. The first kappa shape index (κ1) is 11.5. The van der Waals surface area contributed by atoms with Gasteiger partial charge in [0.05, 0.1) is 0 Å². The van der Waals surface area contributed by atoms with Gasteiger partial charge < -0.3 is 5.32 Å². The van der Waals surface area contributed by atoms with Crippen LogP contribution in [-0.4, -0.2) is 17.5 Å². The monoisotopic (exact) mass is 285 g/mol. The summed E-state index contributed by atoms with van der Waals surface area (Å²) in [6.45, 7) is 2.25. The van der Waals surface area contributed by atoms with Crippen molar-refractivity contribution in [1.29, 1.82) is 0 Å². The maximum Gasteiger partial charge on any atom is 0.0414 e. The highest BCUT2D eigenvalue weighted by molar-refractivity contribution is 9.10.